The Bertz CT molecular complexity index is 943. The number of nitrogens with one attached hydrogen (secondary N) is 1. The SMILES string of the molecule is Cc1cccc2sc(NC(=O)C(C)Oc3cccc(C#N)c3)nc12. The number of carbonyl (C=O) groups excluding carboxylic acids is 1. The number of ether oxygens (including phenoxy) is 1. The molecule has 1 heterocycles. The summed E-state index contributed by atoms with van der Waals surface area (Å²) in [5, 5.41) is 12.2. The van der Waals surface area contributed by atoms with Gasteiger partial charge in [-0.15, -0.1) is 0 Å². The van der Waals surface area contributed by atoms with Gasteiger partial charge in [-0.05, 0) is 43.7 Å². The van der Waals surface area contributed by atoms with Crippen LogP contribution in [0.5, 0.6) is 5.75 Å². The second-order valence-corrected chi connectivity index (χ2v) is 6.36. The number of rotatable bonds is 4. The van der Waals surface area contributed by atoms with E-state index in [-0.39, 0.29) is 5.91 Å². The Balaban J connectivity index is 1.71. The van der Waals surface area contributed by atoms with Gasteiger partial charge in [-0.1, -0.05) is 29.5 Å². The average Bonchev–Trinajstić information content (AvgIpc) is 2.99. The summed E-state index contributed by atoms with van der Waals surface area (Å²) in [5.41, 5.74) is 2.46. The van der Waals surface area contributed by atoms with E-state index in [9.17, 15) is 4.79 Å². The molecule has 1 aromatic heterocycles. The summed E-state index contributed by atoms with van der Waals surface area (Å²) in [4.78, 5) is 16.8. The number of benzene rings is 2. The van der Waals surface area contributed by atoms with Crippen LogP contribution < -0.4 is 10.1 Å². The van der Waals surface area contributed by atoms with Gasteiger partial charge in [0, 0.05) is 0 Å². The smallest absolute Gasteiger partial charge is 0.266 e. The first kappa shape index (κ1) is 16.0. The number of amides is 1. The van der Waals surface area contributed by atoms with Crippen LogP contribution in [0, 0.1) is 18.3 Å². The number of hydrogen-bond acceptors (Lipinski definition) is 5. The zero-order chi connectivity index (χ0) is 17.1. The van der Waals surface area contributed by atoms with Gasteiger partial charge in [0.05, 0.1) is 21.8 Å². The molecule has 0 radical (unpaired) electrons. The molecule has 120 valence electrons. The normalized spacial score (nSPS) is 11.7. The third-order valence-corrected chi connectivity index (χ3v) is 4.43. The summed E-state index contributed by atoms with van der Waals surface area (Å²) in [6.45, 7) is 3.65. The van der Waals surface area contributed by atoms with Crippen molar-refractivity contribution in [1.82, 2.24) is 4.98 Å². The van der Waals surface area contributed by atoms with Crippen molar-refractivity contribution in [2.24, 2.45) is 0 Å². The minimum atomic E-state index is -0.702. The van der Waals surface area contributed by atoms with Crippen LogP contribution in [0.25, 0.3) is 10.2 Å². The van der Waals surface area contributed by atoms with Gasteiger partial charge in [0.25, 0.3) is 5.91 Å². The summed E-state index contributed by atoms with van der Waals surface area (Å²) >= 11 is 1.43. The highest BCUT2D eigenvalue weighted by Crippen LogP contribution is 2.28. The minimum absolute atomic E-state index is 0.283. The van der Waals surface area contributed by atoms with E-state index in [1.807, 2.05) is 31.2 Å². The maximum Gasteiger partial charge on any atom is 0.266 e. The highest BCUT2D eigenvalue weighted by Gasteiger charge is 2.17. The average molecular weight is 337 g/mol. The van der Waals surface area contributed by atoms with Crippen molar-refractivity contribution >= 4 is 32.6 Å². The van der Waals surface area contributed by atoms with Gasteiger partial charge in [-0.3, -0.25) is 10.1 Å². The van der Waals surface area contributed by atoms with E-state index in [4.69, 9.17) is 10.00 Å². The Labute approximate surface area is 143 Å². The Morgan fingerprint density at radius 1 is 1.33 bits per heavy atom. The quantitative estimate of drug-likeness (QED) is 0.784. The lowest BCUT2D eigenvalue weighted by Gasteiger charge is -2.13. The molecule has 0 aliphatic rings. The van der Waals surface area contributed by atoms with Crippen molar-refractivity contribution in [2.45, 2.75) is 20.0 Å². The van der Waals surface area contributed by atoms with Crippen molar-refractivity contribution in [3.8, 4) is 11.8 Å². The molecule has 1 atom stereocenters. The molecule has 1 N–H and O–H groups in total. The van der Waals surface area contributed by atoms with Crippen LogP contribution >= 0.6 is 11.3 Å². The van der Waals surface area contributed by atoms with Crippen molar-refractivity contribution in [3.63, 3.8) is 0 Å². The molecule has 0 saturated heterocycles. The predicted octanol–water partition coefficient (Wildman–Crippen LogP) is 3.88. The maximum atomic E-state index is 12.3. The van der Waals surface area contributed by atoms with Gasteiger partial charge in [-0.25, -0.2) is 4.98 Å². The van der Waals surface area contributed by atoms with E-state index < -0.39 is 6.10 Å². The molecule has 0 bridgehead atoms. The fourth-order valence-corrected chi connectivity index (χ4v) is 3.19. The van der Waals surface area contributed by atoms with Crippen LogP contribution in [0.2, 0.25) is 0 Å². The first-order chi connectivity index (χ1) is 11.6. The number of thiazole rings is 1. The molecule has 0 aliphatic heterocycles. The van der Waals surface area contributed by atoms with Crippen LogP contribution in [0.15, 0.2) is 42.5 Å². The lowest BCUT2D eigenvalue weighted by Crippen LogP contribution is -2.30. The van der Waals surface area contributed by atoms with Crippen molar-refractivity contribution in [3.05, 3.63) is 53.6 Å². The van der Waals surface area contributed by atoms with E-state index in [0.29, 0.717) is 16.4 Å². The topological polar surface area (TPSA) is 75.0 Å². The number of carbonyl (C=O) groups is 1. The number of para-hydroxylation sites is 1. The second kappa shape index (κ2) is 6.69. The number of fused-ring (bicyclic) bond motifs is 1. The summed E-state index contributed by atoms with van der Waals surface area (Å²) in [7, 11) is 0. The first-order valence-corrected chi connectivity index (χ1v) is 8.22. The molecular weight excluding hydrogens is 322 g/mol. The van der Waals surface area contributed by atoms with Crippen LogP contribution in [0.3, 0.4) is 0 Å². The van der Waals surface area contributed by atoms with Gasteiger partial charge >= 0.3 is 0 Å². The second-order valence-electron chi connectivity index (χ2n) is 5.33. The van der Waals surface area contributed by atoms with Crippen LogP contribution in [-0.2, 0) is 4.79 Å². The third kappa shape index (κ3) is 3.36. The van der Waals surface area contributed by atoms with Gasteiger partial charge in [0.1, 0.15) is 5.75 Å². The van der Waals surface area contributed by atoms with E-state index in [1.54, 1.807) is 31.2 Å². The van der Waals surface area contributed by atoms with Crippen LogP contribution in [0.1, 0.15) is 18.1 Å². The van der Waals surface area contributed by atoms with E-state index in [0.717, 1.165) is 15.8 Å². The Kier molecular flexibility index (Phi) is 4.45. The molecule has 5 nitrogen and oxygen atoms in total. The van der Waals surface area contributed by atoms with Crippen molar-refractivity contribution in [1.29, 1.82) is 5.26 Å². The highest BCUT2D eigenvalue weighted by atomic mass is 32.1. The monoisotopic (exact) mass is 337 g/mol. The highest BCUT2D eigenvalue weighted by molar-refractivity contribution is 7.22. The molecule has 6 heteroatoms. The predicted molar refractivity (Wildman–Crippen MR) is 94.2 cm³/mol. The van der Waals surface area contributed by atoms with E-state index >= 15 is 0 Å². The summed E-state index contributed by atoms with van der Waals surface area (Å²) in [6, 6.07) is 14.7. The molecular formula is C18H15N3O2S. The molecule has 3 aromatic rings. The number of hydrogen-bond donors (Lipinski definition) is 1. The third-order valence-electron chi connectivity index (χ3n) is 3.50. The summed E-state index contributed by atoms with van der Waals surface area (Å²) in [6.07, 6.45) is -0.702. The molecule has 24 heavy (non-hydrogen) atoms. The fourth-order valence-electron chi connectivity index (χ4n) is 2.24. The maximum absolute atomic E-state index is 12.3. The molecule has 0 saturated carbocycles. The number of nitrogens with zero attached hydrogens (tertiary/aromatic N) is 2. The molecule has 1 unspecified atom stereocenters. The van der Waals surface area contributed by atoms with Gasteiger partial charge in [-0.2, -0.15) is 5.26 Å². The lowest BCUT2D eigenvalue weighted by atomic mass is 10.2. The number of aromatic nitrogens is 1. The largest absolute Gasteiger partial charge is 0.481 e. The van der Waals surface area contributed by atoms with Gasteiger partial charge in [0.15, 0.2) is 11.2 Å². The van der Waals surface area contributed by atoms with Gasteiger partial charge in [0.2, 0.25) is 0 Å². The van der Waals surface area contributed by atoms with E-state index in [1.165, 1.54) is 11.3 Å². The summed E-state index contributed by atoms with van der Waals surface area (Å²) < 4.78 is 6.63. The molecule has 2 aromatic carbocycles. The Morgan fingerprint density at radius 2 is 2.12 bits per heavy atom. The van der Waals surface area contributed by atoms with Crippen LogP contribution in [-0.4, -0.2) is 17.0 Å². The van der Waals surface area contributed by atoms with E-state index in [2.05, 4.69) is 10.3 Å². The Morgan fingerprint density at radius 3 is 2.88 bits per heavy atom. The fraction of sp³-hybridized carbons (Fsp3) is 0.167. The molecule has 0 aliphatic carbocycles. The summed E-state index contributed by atoms with van der Waals surface area (Å²) in [5.74, 6) is 0.200. The minimum Gasteiger partial charge on any atom is -0.481 e. The number of aryl methyl sites for hydroxylation is 1. The van der Waals surface area contributed by atoms with Gasteiger partial charge < -0.3 is 4.74 Å². The van der Waals surface area contributed by atoms with Crippen molar-refractivity contribution in [2.75, 3.05) is 5.32 Å². The zero-order valence-corrected chi connectivity index (χ0v) is 14.1. The molecule has 0 spiro atoms. The first-order valence-electron chi connectivity index (χ1n) is 7.40. The molecule has 1 amide bonds. The number of anilines is 1. The molecule has 0 fully saturated rings. The molecule has 3 rings (SSSR count). The lowest BCUT2D eigenvalue weighted by molar-refractivity contribution is -0.122. The Hall–Kier alpha value is -2.91. The number of nitriles is 1. The van der Waals surface area contributed by atoms with Crippen LogP contribution in [0.4, 0.5) is 5.13 Å². The standard InChI is InChI=1S/C18H15N3O2S/c1-11-5-3-8-15-16(11)20-18(24-15)21-17(22)12(2)23-14-7-4-6-13(9-14)10-19/h3-9,12H,1-2H3,(H,20,21,22). The zero-order valence-electron chi connectivity index (χ0n) is 13.2. The van der Waals surface area contributed by atoms with Crippen molar-refractivity contribution < 1.29 is 9.53 Å².